The Balaban J connectivity index is 1.32. The predicted octanol–water partition coefficient (Wildman–Crippen LogP) is 5.20. The third-order valence-corrected chi connectivity index (χ3v) is 5.26. The lowest BCUT2D eigenvalue weighted by Gasteiger charge is -2.28. The Hall–Kier alpha value is -2.63. The molecule has 0 spiro atoms. The van der Waals surface area contributed by atoms with Crippen molar-refractivity contribution in [2.24, 2.45) is 5.92 Å². The van der Waals surface area contributed by atoms with Crippen LogP contribution < -0.4 is 4.74 Å². The predicted molar refractivity (Wildman–Crippen MR) is 120 cm³/mol. The van der Waals surface area contributed by atoms with Crippen LogP contribution in [0.25, 0.3) is 0 Å². The number of hydrogen-bond acceptors (Lipinski definition) is 5. The largest absolute Gasteiger partial charge is 0.497 e. The molecule has 31 heavy (non-hydrogen) atoms. The molecule has 166 valence electrons. The first-order valence-corrected chi connectivity index (χ1v) is 10.9. The number of rotatable bonds is 11. The van der Waals surface area contributed by atoms with Crippen molar-refractivity contribution in [2.75, 3.05) is 20.3 Å². The first-order chi connectivity index (χ1) is 15.1. The average molecular weight is 425 g/mol. The van der Waals surface area contributed by atoms with Crippen LogP contribution >= 0.6 is 0 Å². The monoisotopic (exact) mass is 424 g/mol. The van der Waals surface area contributed by atoms with E-state index in [9.17, 15) is 4.79 Å². The average Bonchev–Trinajstić information content (AvgIpc) is 2.80. The SMILES string of the molecule is COc1ccc(COC[C@H](C)C[C@@H]2CC=C[C@H](CCOC(=O)c3ccccc3)O2)cc1. The van der Waals surface area contributed by atoms with Gasteiger partial charge in [0.05, 0.1) is 38.1 Å². The van der Waals surface area contributed by atoms with Crippen molar-refractivity contribution in [1.29, 1.82) is 0 Å². The summed E-state index contributed by atoms with van der Waals surface area (Å²) >= 11 is 0. The number of ether oxygens (including phenoxy) is 4. The third-order valence-electron chi connectivity index (χ3n) is 5.26. The molecule has 1 aliphatic heterocycles. The van der Waals surface area contributed by atoms with Gasteiger partial charge in [-0.25, -0.2) is 4.79 Å². The molecule has 0 unspecified atom stereocenters. The van der Waals surface area contributed by atoms with E-state index in [0.29, 0.717) is 37.7 Å². The topological polar surface area (TPSA) is 54.0 Å². The van der Waals surface area contributed by atoms with Gasteiger partial charge in [0.15, 0.2) is 0 Å². The van der Waals surface area contributed by atoms with Gasteiger partial charge in [-0.15, -0.1) is 0 Å². The molecule has 0 saturated carbocycles. The molecule has 0 N–H and O–H groups in total. The number of methoxy groups -OCH3 is 1. The van der Waals surface area contributed by atoms with Crippen molar-refractivity contribution in [1.82, 2.24) is 0 Å². The smallest absolute Gasteiger partial charge is 0.338 e. The normalized spacial score (nSPS) is 19.0. The van der Waals surface area contributed by atoms with Gasteiger partial charge in [-0.1, -0.05) is 49.4 Å². The highest BCUT2D eigenvalue weighted by atomic mass is 16.5. The molecule has 2 aromatic carbocycles. The molecule has 0 bridgehead atoms. The maximum Gasteiger partial charge on any atom is 0.338 e. The lowest BCUT2D eigenvalue weighted by Crippen LogP contribution is -2.28. The van der Waals surface area contributed by atoms with E-state index in [1.807, 2.05) is 42.5 Å². The van der Waals surface area contributed by atoms with Crippen LogP contribution in [0.5, 0.6) is 5.75 Å². The van der Waals surface area contributed by atoms with Crippen LogP contribution in [-0.4, -0.2) is 38.5 Å². The van der Waals surface area contributed by atoms with E-state index in [4.69, 9.17) is 18.9 Å². The zero-order valence-electron chi connectivity index (χ0n) is 18.4. The molecule has 0 saturated heterocycles. The Kier molecular flexibility index (Phi) is 9.13. The number of hydrogen-bond donors (Lipinski definition) is 0. The van der Waals surface area contributed by atoms with Gasteiger partial charge in [0, 0.05) is 13.0 Å². The fourth-order valence-corrected chi connectivity index (χ4v) is 3.59. The zero-order valence-corrected chi connectivity index (χ0v) is 18.4. The van der Waals surface area contributed by atoms with Crippen LogP contribution in [-0.2, 0) is 20.8 Å². The number of benzene rings is 2. The summed E-state index contributed by atoms with van der Waals surface area (Å²) in [5, 5.41) is 0. The maximum atomic E-state index is 12.0. The van der Waals surface area contributed by atoms with E-state index < -0.39 is 0 Å². The molecule has 2 aromatic rings. The number of esters is 1. The fourth-order valence-electron chi connectivity index (χ4n) is 3.59. The second-order valence-electron chi connectivity index (χ2n) is 7.96. The lowest BCUT2D eigenvalue weighted by molar-refractivity contribution is -0.0265. The van der Waals surface area contributed by atoms with E-state index in [0.717, 1.165) is 24.2 Å². The highest BCUT2D eigenvalue weighted by Gasteiger charge is 2.21. The Morgan fingerprint density at radius 2 is 1.90 bits per heavy atom. The molecule has 0 amide bonds. The van der Waals surface area contributed by atoms with E-state index in [1.54, 1.807) is 19.2 Å². The van der Waals surface area contributed by atoms with Gasteiger partial charge < -0.3 is 18.9 Å². The van der Waals surface area contributed by atoms with Gasteiger partial charge in [0.25, 0.3) is 0 Å². The summed E-state index contributed by atoms with van der Waals surface area (Å²) in [6, 6.07) is 17.0. The van der Waals surface area contributed by atoms with Gasteiger partial charge in [0.1, 0.15) is 5.75 Å². The van der Waals surface area contributed by atoms with E-state index in [-0.39, 0.29) is 18.2 Å². The van der Waals surface area contributed by atoms with Crippen LogP contribution in [0.1, 0.15) is 42.1 Å². The van der Waals surface area contributed by atoms with E-state index in [2.05, 4.69) is 19.1 Å². The molecule has 0 radical (unpaired) electrons. The molecule has 5 nitrogen and oxygen atoms in total. The minimum Gasteiger partial charge on any atom is -0.497 e. The zero-order chi connectivity index (χ0) is 21.9. The second-order valence-corrected chi connectivity index (χ2v) is 7.96. The van der Waals surface area contributed by atoms with Gasteiger partial charge >= 0.3 is 5.97 Å². The van der Waals surface area contributed by atoms with E-state index >= 15 is 0 Å². The minimum absolute atomic E-state index is 0.0188. The minimum atomic E-state index is -0.292. The quantitative estimate of drug-likeness (QED) is 0.367. The molecule has 0 aliphatic carbocycles. The van der Waals surface area contributed by atoms with Gasteiger partial charge in [-0.05, 0) is 48.6 Å². The summed E-state index contributed by atoms with van der Waals surface area (Å²) in [5.41, 5.74) is 1.71. The second kappa shape index (κ2) is 12.3. The van der Waals surface area contributed by atoms with Crippen molar-refractivity contribution >= 4 is 5.97 Å². The number of carbonyl (C=O) groups is 1. The fraction of sp³-hybridized carbons (Fsp3) is 0.423. The van der Waals surface area contributed by atoms with E-state index in [1.165, 1.54) is 0 Å². The summed E-state index contributed by atoms with van der Waals surface area (Å²) in [6.07, 6.45) is 6.89. The summed E-state index contributed by atoms with van der Waals surface area (Å²) < 4.78 is 22.6. The summed E-state index contributed by atoms with van der Waals surface area (Å²) in [5.74, 6) is 0.954. The highest BCUT2D eigenvalue weighted by molar-refractivity contribution is 5.89. The Labute approximate surface area is 185 Å². The highest BCUT2D eigenvalue weighted by Crippen LogP contribution is 2.22. The lowest BCUT2D eigenvalue weighted by atomic mass is 9.99. The molecule has 5 heteroatoms. The van der Waals surface area contributed by atoms with Crippen LogP contribution in [0.15, 0.2) is 66.7 Å². The van der Waals surface area contributed by atoms with Crippen molar-refractivity contribution in [3.63, 3.8) is 0 Å². The van der Waals surface area contributed by atoms with Crippen LogP contribution in [0.3, 0.4) is 0 Å². The molecule has 0 aromatic heterocycles. The summed E-state index contributed by atoms with van der Waals surface area (Å²) in [6.45, 7) is 3.81. The standard InChI is InChI=1S/C26H32O5/c1-20(18-29-19-21-11-13-23(28-2)14-12-21)17-25-10-6-9-24(31-25)15-16-30-26(27)22-7-4-3-5-8-22/h3-9,11-14,20,24-25H,10,15-19H2,1-2H3/t20-,24-,25+/m1/s1. The van der Waals surface area contributed by atoms with Crippen LogP contribution in [0, 0.1) is 5.92 Å². The van der Waals surface area contributed by atoms with Crippen molar-refractivity contribution in [2.45, 2.75) is 45.0 Å². The van der Waals surface area contributed by atoms with Crippen LogP contribution in [0.4, 0.5) is 0 Å². The third kappa shape index (κ3) is 7.85. The molecule has 3 rings (SSSR count). The summed E-state index contributed by atoms with van der Waals surface area (Å²) in [4.78, 5) is 12.0. The summed E-state index contributed by atoms with van der Waals surface area (Å²) in [7, 11) is 1.66. The Morgan fingerprint density at radius 3 is 2.65 bits per heavy atom. The Morgan fingerprint density at radius 1 is 1.13 bits per heavy atom. The van der Waals surface area contributed by atoms with Gasteiger partial charge in [0.2, 0.25) is 0 Å². The Bertz CT molecular complexity index is 815. The maximum absolute atomic E-state index is 12.0. The van der Waals surface area contributed by atoms with Crippen molar-refractivity contribution < 1.29 is 23.7 Å². The van der Waals surface area contributed by atoms with Crippen molar-refractivity contribution in [3.8, 4) is 5.75 Å². The molecule has 1 aliphatic rings. The van der Waals surface area contributed by atoms with Gasteiger partial charge in [-0.2, -0.15) is 0 Å². The molecule has 0 fully saturated rings. The van der Waals surface area contributed by atoms with Crippen molar-refractivity contribution in [3.05, 3.63) is 77.9 Å². The first kappa shape index (κ1) is 23.0. The number of carbonyl (C=O) groups excluding carboxylic acids is 1. The molecular weight excluding hydrogens is 392 g/mol. The molecule has 1 heterocycles. The molecular formula is C26H32O5. The molecule has 3 atom stereocenters. The van der Waals surface area contributed by atoms with Crippen LogP contribution in [0.2, 0.25) is 0 Å². The van der Waals surface area contributed by atoms with Gasteiger partial charge in [-0.3, -0.25) is 0 Å². The first-order valence-electron chi connectivity index (χ1n) is 10.9.